The molecular formula is C19H15F2N3O2S2. The number of hydrogen-bond donors (Lipinski definition) is 3. The molecule has 0 bridgehead atoms. The Morgan fingerprint density at radius 3 is 1.89 bits per heavy atom. The Morgan fingerprint density at radius 2 is 1.29 bits per heavy atom. The fourth-order valence-electron chi connectivity index (χ4n) is 2.32. The normalized spacial score (nSPS) is 10.9. The van der Waals surface area contributed by atoms with Crippen molar-refractivity contribution in [1.82, 2.24) is 0 Å². The van der Waals surface area contributed by atoms with Gasteiger partial charge in [-0.15, -0.1) is 0 Å². The Morgan fingerprint density at radius 1 is 0.750 bits per heavy atom. The van der Waals surface area contributed by atoms with E-state index in [4.69, 9.17) is 12.2 Å². The molecule has 0 fully saturated rings. The maximum absolute atomic E-state index is 13.0. The number of sulfonamides is 1. The van der Waals surface area contributed by atoms with Crippen molar-refractivity contribution in [3.05, 3.63) is 84.4 Å². The van der Waals surface area contributed by atoms with Gasteiger partial charge in [0, 0.05) is 5.69 Å². The summed E-state index contributed by atoms with van der Waals surface area (Å²) in [5.41, 5.74) is 1.24. The summed E-state index contributed by atoms with van der Waals surface area (Å²) < 4.78 is 53.5. The van der Waals surface area contributed by atoms with Crippen LogP contribution in [-0.2, 0) is 10.0 Å². The summed E-state index contributed by atoms with van der Waals surface area (Å²) in [5, 5.41) is 5.97. The lowest BCUT2D eigenvalue weighted by Crippen LogP contribution is -2.21. The average Bonchev–Trinajstić information content (AvgIpc) is 2.65. The van der Waals surface area contributed by atoms with Crippen molar-refractivity contribution in [2.75, 3.05) is 15.4 Å². The van der Waals surface area contributed by atoms with Gasteiger partial charge in [-0.1, -0.05) is 12.1 Å². The average molecular weight is 419 g/mol. The molecule has 144 valence electrons. The third-order valence-electron chi connectivity index (χ3n) is 3.65. The van der Waals surface area contributed by atoms with Crippen LogP contribution in [-0.4, -0.2) is 13.5 Å². The summed E-state index contributed by atoms with van der Waals surface area (Å²) in [5.74, 6) is -0.900. The largest absolute Gasteiger partial charge is 0.332 e. The fraction of sp³-hybridized carbons (Fsp3) is 0. The van der Waals surface area contributed by atoms with Crippen LogP contribution in [0.5, 0.6) is 0 Å². The van der Waals surface area contributed by atoms with Crippen LogP contribution < -0.4 is 15.4 Å². The van der Waals surface area contributed by atoms with Crippen molar-refractivity contribution in [3.8, 4) is 0 Å². The Labute approximate surface area is 166 Å². The number of nitrogens with one attached hydrogen (secondary N) is 3. The van der Waals surface area contributed by atoms with Gasteiger partial charge in [-0.2, -0.15) is 0 Å². The molecule has 0 aliphatic carbocycles. The summed E-state index contributed by atoms with van der Waals surface area (Å²) in [6.45, 7) is 0. The van der Waals surface area contributed by atoms with Crippen LogP contribution in [0.15, 0.2) is 77.7 Å². The zero-order chi connectivity index (χ0) is 20.1. The van der Waals surface area contributed by atoms with Gasteiger partial charge in [0.25, 0.3) is 10.0 Å². The van der Waals surface area contributed by atoms with E-state index in [-0.39, 0.29) is 21.5 Å². The number of rotatable bonds is 5. The van der Waals surface area contributed by atoms with E-state index in [0.29, 0.717) is 11.4 Å². The second kappa shape index (κ2) is 8.32. The van der Waals surface area contributed by atoms with Gasteiger partial charge in [-0.05, 0) is 72.9 Å². The zero-order valence-corrected chi connectivity index (χ0v) is 16.0. The maximum Gasteiger partial charge on any atom is 0.261 e. The summed E-state index contributed by atoms with van der Waals surface area (Å²) in [4.78, 5) is -0.0734. The smallest absolute Gasteiger partial charge is 0.261 e. The molecule has 3 N–H and O–H groups in total. The molecule has 0 spiro atoms. The molecule has 0 radical (unpaired) electrons. The van der Waals surface area contributed by atoms with E-state index in [1.807, 2.05) is 0 Å². The topological polar surface area (TPSA) is 70.2 Å². The molecule has 0 atom stereocenters. The predicted molar refractivity (Wildman–Crippen MR) is 110 cm³/mol. The molecule has 3 rings (SSSR count). The van der Waals surface area contributed by atoms with Gasteiger partial charge in [-0.3, -0.25) is 4.72 Å². The highest BCUT2D eigenvalue weighted by Gasteiger charge is 2.16. The predicted octanol–water partition coefficient (Wildman–Crippen LogP) is 4.57. The zero-order valence-electron chi connectivity index (χ0n) is 14.3. The van der Waals surface area contributed by atoms with Gasteiger partial charge in [0.05, 0.1) is 16.3 Å². The first-order valence-corrected chi connectivity index (χ1v) is 9.94. The van der Waals surface area contributed by atoms with Gasteiger partial charge in [0.1, 0.15) is 11.6 Å². The molecule has 28 heavy (non-hydrogen) atoms. The van der Waals surface area contributed by atoms with Gasteiger partial charge >= 0.3 is 0 Å². The van der Waals surface area contributed by atoms with E-state index in [0.717, 1.165) is 12.1 Å². The van der Waals surface area contributed by atoms with Crippen LogP contribution in [0.3, 0.4) is 0 Å². The minimum atomic E-state index is -3.91. The van der Waals surface area contributed by atoms with Crippen LogP contribution >= 0.6 is 12.2 Å². The minimum absolute atomic E-state index is 0.0734. The molecule has 0 aromatic heterocycles. The third kappa shape index (κ3) is 5.02. The summed E-state index contributed by atoms with van der Waals surface area (Å²) in [6, 6.07) is 16.7. The van der Waals surface area contributed by atoms with Gasteiger partial charge < -0.3 is 10.6 Å². The molecule has 0 amide bonds. The second-order valence-electron chi connectivity index (χ2n) is 5.69. The molecule has 0 saturated heterocycles. The SMILES string of the molecule is O=S(=O)(Nc1ccccc1NC(=S)Nc1ccc(F)cc1)c1ccc(F)cc1. The lowest BCUT2D eigenvalue weighted by molar-refractivity contribution is 0.599. The first-order chi connectivity index (χ1) is 13.3. The lowest BCUT2D eigenvalue weighted by Gasteiger charge is -2.15. The highest BCUT2D eigenvalue weighted by atomic mass is 32.2. The molecule has 9 heteroatoms. The Hall–Kier alpha value is -3.04. The Bertz CT molecular complexity index is 1090. The molecule has 0 saturated carbocycles. The van der Waals surface area contributed by atoms with E-state index in [2.05, 4.69) is 15.4 Å². The molecule has 0 unspecified atom stereocenters. The van der Waals surface area contributed by atoms with E-state index in [9.17, 15) is 17.2 Å². The number of hydrogen-bond acceptors (Lipinski definition) is 3. The number of halogens is 2. The van der Waals surface area contributed by atoms with Gasteiger partial charge in [0.15, 0.2) is 5.11 Å². The summed E-state index contributed by atoms with van der Waals surface area (Å²) in [6.07, 6.45) is 0. The standard InChI is InChI=1S/C19H15F2N3O2S2/c20-13-5-9-15(10-6-13)22-19(27)23-17-3-1-2-4-18(17)24-28(25,26)16-11-7-14(21)8-12-16/h1-12,24H,(H2,22,23,27). The van der Waals surface area contributed by atoms with Crippen LogP contribution in [0.1, 0.15) is 0 Å². The van der Waals surface area contributed by atoms with Gasteiger partial charge in [0.2, 0.25) is 0 Å². The van der Waals surface area contributed by atoms with Crippen molar-refractivity contribution in [2.24, 2.45) is 0 Å². The first kappa shape index (κ1) is 19.7. The molecule has 3 aromatic rings. The van der Waals surface area contributed by atoms with Crippen molar-refractivity contribution >= 4 is 44.4 Å². The molecule has 0 aliphatic heterocycles. The Balaban J connectivity index is 1.76. The molecule has 0 aliphatic rings. The van der Waals surface area contributed by atoms with Gasteiger partial charge in [-0.25, -0.2) is 17.2 Å². The number of para-hydroxylation sites is 2. The quantitative estimate of drug-likeness (QED) is 0.529. The van der Waals surface area contributed by atoms with E-state index in [1.165, 1.54) is 36.4 Å². The van der Waals surface area contributed by atoms with Crippen molar-refractivity contribution in [1.29, 1.82) is 0 Å². The number of anilines is 3. The molecule has 5 nitrogen and oxygen atoms in total. The van der Waals surface area contributed by atoms with Crippen molar-refractivity contribution in [3.63, 3.8) is 0 Å². The monoisotopic (exact) mass is 419 g/mol. The highest BCUT2D eigenvalue weighted by Crippen LogP contribution is 2.25. The van der Waals surface area contributed by atoms with E-state index >= 15 is 0 Å². The fourth-order valence-corrected chi connectivity index (χ4v) is 3.62. The minimum Gasteiger partial charge on any atom is -0.332 e. The molecular weight excluding hydrogens is 404 g/mol. The van der Waals surface area contributed by atoms with Crippen LogP contribution in [0.2, 0.25) is 0 Å². The first-order valence-electron chi connectivity index (χ1n) is 8.04. The van der Waals surface area contributed by atoms with Crippen LogP contribution in [0, 0.1) is 11.6 Å². The molecule has 3 aromatic carbocycles. The summed E-state index contributed by atoms with van der Waals surface area (Å²) >= 11 is 5.22. The van der Waals surface area contributed by atoms with Crippen molar-refractivity contribution < 1.29 is 17.2 Å². The van der Waals surface area contributed by atoms with Crippen LogP contribution in [0.25, 0.3) is 0 Å². The molecule has 0 heterocycles. The maximum atomic E-state index is 13.0. The Kier molecular flexibility index (Phi) is 5.86. The highest BCUT2D eigenvalue weighted by molar-refractivity contribution is 7.92. The van der Waals surface area contributed by atoms with Crippen LogP contribution in [0.4, 0.5) is 25.8 Å². The second-order valence-corrected chi connectivity index (χ2v) is 7.78. The third-order valence-corrected chi connectivity index (χ3v) is 5.23. The summed E-state index contributed by atoms with van der Waals surface area (Å²) in [7, 11) is -3.91. The number of thiocarbonyl (C=S) groups is 1. The van der Waals surface area contributed by atoms with Crippen molar-refractivity contribution in [2.45, 2.75) is 4.90 Å². The van der Waals surface area contributed by atoms with E-state index in [1.54, 1.807) is 24.3 Å². The lowest BCUT2D eigenvalue weighted by atomic mass is 10.3. The van der Waals surface area contributed by atoms with E-state index < -0.39 is 15.8 Å². The number of benzene rings is 3.